The number of amides is 1. The summed E-state index contributed by atoms with van der Waals surface area (Å²) in [6.45, 7) is 5.65. The van der Waals surface area contributed by atoms with Crippen LogP contribution in [0.25, 0.3) is 0 Å². The van der Waals surface area contributed by atoms with Crippen LogP contribution in [0.2, 0.25) is 0 Å². The summed E-state index contributed by atoms with van der Waals surface area (Å²) >= 11 is 0. The molecule has 1 N–H and O–H groups in total. The maximum Gasteiger partial charge on any atom is 0.225 e. The fraction of sp³-hybridized carbons (Fsp3) is 0.462. The van der Waals surface area contributed by atoms with Crippen molar-refractivity contribution in [2.45, 2.75) is 32.2 Å². The Morgan fingerprint density at radius 3 is 2.28 bits per heavy atom. The molecule has 100 valence electrons. The van der Waals surface area contributed by atoms with Crippen molar-refractivity contribution in [3.8, 4) is 0 Å². The quantitative estimate of drug-likeness (QED) is 0.909. The van der Waals surface area contributed by atoms with Gasteiger partial charge < -0.3 is 5.32 Å². The van der Waals surface area contributed by atoms with Crippen molar-refractivity contribution in [3.05, 3.63) is 29.8 Å². The van der Waals surface area contributed by atoms with Crippen LogP contribution in [0.4, 0.5) is 0 Å². The average molecular weight is 269 g/mol. The summed E-state index contributed by atoms with van der Waals surface area (Å²) in [6.07, 6.45) is 1.16. The fourth-order valence-corrected chi connectivity index (χ4v) is 2.39. The van der Waals surface area contributed by atoms with Gasteiger partial charge in [0.05, 0.1) is 4.90 Å². The lowest BCUT2D eigenvalue weighted by Gasteiger charge is -2.18. The molecule has 0 saturated heterocycles. The summed E-state index contributed by atoms with van der Waals surface area (Å²) in [7, 11) is -3.27. The van der Waals surface area contributed by atoms with Crippen molar-refractivity contribution in [3.63, 3.8) is 0 Å². The van der Waals surface area contributed by atoms with Crippen molar-refractivity contribution < 1.29 is 13.2 Å². The van der Waals surface area contributed by atoms with Gasteiger partial charge in [-0.2, -0.15) is 0 Å². The monoisotopic (exact) mass is 269 g/mol. The summed E-state index contributed by atoms with van der Waals surface area (Å²) in [6, 6.07) is 6.69. The predicted octanol–water partition coefficient (Wildman–Crippen LogP) is 1.75. The van der Waals surface area contributed by atoms with Gasteiger partial charge in [0.1, 0.15) is 0 Å². The molecular formula is C13H19NO3S. The van der Waals surface area contributed by atoms with E-state index in [-0.39, 0.29) is 17.3 Å². The van der Waals surface area contributed by atoms with Crippen LogP contribution in [-0.4, -0.2) is 20.6 Å². The first-order valence-corrected chi connectivity index (χ1v) is 7.58. The Balaban J connectivity index is 2.91. The molecule has 0 atom stereocenters. The maximum atomic E-state index is 11.7. The zero-order valence-corrected chi connectivity index (χ0v) is 12.0. The first-order chi connectivity index (χ1) is 8.12. The van der Waals surface area contributed by atoms with Gasteiger partial charge in [-0.25, -0.2) is 8.42 Å². The molecule has 0 fully saturated rings. The Morgan fingerprint density at radius 1 is 1.22 bits per heavy atom. The number of sulfone groups is 1. The van der Waals surface area contributed by atoms with Gasteiger partial charge in [0.15, 0.2) is 9.84 Å². The van der Waals surface area contributed by atoms with Crippen molar-refractivity contribution in [1.82, 2.24) is 5.32 Å². The van der Waals surface area contributed by atoms with Gasteiger partial charge >= 0.3 is 0 Å². The topological polar surface area (TPSA) is 63.2 Å². The van der Waals surface area contributed by atoms with Crippen LogP contribution in [0.1, 0.15) is 26.3 Å². The highest BCUT2D eigenvalue weighted by molar-refractivity contribution is 7.90. The summed E-state index contributed by atoms with van der Waals surface area (Å²) in [5, 5.41) is 2.75. The SMILES string of the molecule is CC(C)(C)C(=O)NCc1ccccc1S(C)(=O)=O. The minimum Gasteiger partial charge on any atom is -0.352 e. The molecule has 1 amide bonds. The number of benzene rings is 1. The Kier molecular flexibility index (Phi) is 4.16. The molecule has 4 nitrogen and oxygen atoms in total. The first kappa shape index (κ1) is 14.7. The van der Waals surface area contributed by atoms with Gasteiger partial charge in [0.2, 0.25) is 5.91 Å². The van der Waals surface area contributed by atoms with E-state index in [1.807, 2.05) is 20.8 Å². The molecule has 0 bridgehead atoms. The average Bonchev–Trinajstić information content (AvgIpc) is 2.23. The lowest BCUT2D eigenvalue weighted by atomic mass is 9.95. The Labute approximate surface area is 108 Å². The molecule has 0 heterocycles. The van der Waals surface area contributed by atoms with E-state index < -0.39 is 15.3 Å². The van der Waals surface area contributed by atoms with Crippen molar-refractivity contribution in [1.29, 1.82) is 0 Å². The summed E-state index contributed by atoms with van der Waals surface area (Å²) in [5.74, 6) is -0.106. The second-order valence-electron chi connectivity index (χ2n) is 5.31. The molecule has 5 heteroatoms. The minimum absolute atomic E-state index is 0.106. The van der Waals surface area contributed by atoms with Gasteiger partial charge in [-0.15, -0.1) is 0 Å². The maximum absolute atomic E-state index is 11.7. The second kappa shape index (κ2) is 5.10. The van der Waals surface area contributed by atoms with Crippen LogP contribution in [-0.2, 0) is 21.2 Å². The number of rotatable bonds is 3. The number of hydrogen-bond acceptors (Lipinski definition) is 3. The van der Waals surface area contributed by atoms with E-state index >= 15 is 0 Å². The smallest absolute Gasteiger partial charge is 0.225 e. The molecule has 1 rings (SSSR count). The Morgan fingerprint density at radius 2 is 1.78 bits per heavy atom. The van der Waals surface area contributed by atoms with Gasteiger partial charge in [0, 0.05) is 18.2 Å². The minimum atomic E-state index is -3.27. The summed E-state index contributed by atoms with van der Waals surface area (Å²) in [5.41, 5.74) is 0.123. The van der Waals surface area contributed by atoms with Crippen LogP contribution in [0.15, 0.2) is 29.2 Å². The number of nitrogens with one attached hydrogen (secondary N) is 1. The van der Waals surface area contributed by atoms with Crippen molar-refractivity contribution >= 4 is 15.7 Å². The number of hydrogen-bond donors (Lipinski definition) is 1. The lowest BCUT2D eigenvalue weighted by molar-refractivity contribution is -0.128. The Bertz CT molecular complexity index is 542. The predicted molar refractivity (Wildman–Crippen MR) is 70.9 cm³/mol. The van der Waals surface area contributed by atoms with Crippen molar-refractivity contribution in [2.24, 2.45) is 5.41 Å². The molecule has 18 heavy (non-hydrogen) atoms. The third-order valence-corrected chi connectivity index (χ3v) is 3.69. The molecule has 1 aromatic rings. The highest BCUT2D eigenvalue weighted by Crippen LogP contribution is 2.17. The summed E-state index contributed by atoms with van der Waals surface area (Å²) in [4.78, 5) is 12.0. The van der Waals surface area contributed by atoms with Crippen LogP contribution in [0.5, 0.6) is 0 Å². The number of carbonyl (C=O) groups excluding carboxylic acids is 1. The standard InChI is InChI=1S/C13H19NO3S/c1-13(2,3)12(15)14-9-10-7-5-6-8-11(10)18(4,16)17/h5-8H,9H2,1-4H3,(H,14,15). The van der Waals surface area contributed by atoms with Crippen LogP contribution >= 0.6 is 0 Å². The highest BCUT2D eigenvalue weighted by atomic mass is 32.2. The van der Waals surface area contributed by atoms with Crippen LogP contribution < -0.4 is 5.32 Å². The molecule has 0 unspecified atom stereocenters. The highest BCUT2D eigenvalue weighted by Gasteiger charge is 2.21. The molecule has 0 radical (unpaired) electrons. The normalized spacial score (nSPS) is 12.2. The van der Waals surface area contributed by atoms with Crippen LogP contribution in [0, 0.1) is 5.41 Å². The van der Waals surface area contributed by atoms with E-state index in [1.165, 1.54) is 0 Å². The number of carbonyl (C=O) groups is 1. The largest absolute Gasteiger partial charge is 0.352 e. The van der Waals surface area contributed by atoms with Crippen molar-refractivity contribution in [2.75, 3.05) is 6.26 Å². The van der Waals surface area contributed by atoms with Gasteiger partial charge in [-0.05, 0) is 11.6 Å². The van der Waals surface area contributed by atoms with E-state index in [4.69, 9.17) is 0 Å². The van der Waals surface area contributed by atoms with Gasteiger partial charge in [-0.1, -0.05) is 39.0 Å². The van der Waals surface area contributed by atoms with E-state index in [1.54, 1.807) is 24.3 Å². The zero-order chi connectivity index (χ0) is 14.0. The van der Waals surface area contributed by atoms with Gasteiger partial charge in [-0.3, -0.25) is 4.79 Å². The third-order valence-electron chi connectivity index (χ3n) is 2.49. The fourth-order valence-electron chi connectivity index (χ4n) is 1.45. The first-order valence-electron chi connectivity index (χ1n) is 5.68. The molecule has 0 aliphatic heterocycles. The van der Waals surface area contributed by atoms with E-state index in [9.17, 15) is 13.2 Å². The zero-order valence-electron chi connectivity index (χ0n) is 11.1. The molecule has 0 aliphatic rings. The lowest BCUT2D eigenvalue weighted by Crippen LogP contribution is -2.34. The molecule has 0 spiro atoms. The van der Waals surface area contributed by atoms with E-state index in [2.05, 4.69) is 5.32 Å². The van der Waals surface area contributed by atoms with Crippen LogP contribution in [0.3, 0.4) is 0 Å². The second-order valence-corrected chi connectivity index (χ2v) is 7.30. The molecule has 1 aromatic carbocycles. The molecule has 0 saturated carbocycles. The molecule has 0 aliphatic carbocycles. The summed E-state index contributed by atoms with van der Waals surface area (Å²) < 4.78 is 23.2. The van der Waals surface area contributed by atoms with E-state index in [0.29, 0.717) is 5.56 Å². The van der Waals surface area contributed by atoms with E-state index in [0.717, 1.165) is 6.26 Å². The van der Waals surface area contributed by atoms with Gasteiger partial charge in [0.25, 0.3) is 0 Å². The molecular weight excluding hydrogens is 250 g/mol. The Hall–Kier alpha value is -1.36. The third kappa shape index (κ3) is 3.84. The molecule has 0 aromatic heterocycles.